The third-order valence-corrected chi connectivity index (χ3v) is 5.73. The van der Waals surface area contributed by atoms with E-state index < -0.39 is 0 Å². The summed E-state index contributed by atoms with van der Waals surface area (Å²) in [6.45, 7) is 5.33. The fourth-order valence-electron chi connectivity index (χ4n) is 4.03. The van der Waals surface area contributed by atoms with Gasteiger partial charge in [-0.15, -0.1) is 0 Å². The maximum Gasteiger partial charge on any atom is 0.306 e. The molecule has 0 saturated heterocycles. The van der Waals surface area contributed by atoms with Crippen LogP contribution < -0.4 is 5.73 Å². The second-order valence-corrected chi connectivity index (χ2v) is 7.85. The summed E-state index contributed by atoms with van der Waals surface area (Å²) < 4.78 is 5.25. The Morgan fingerprint density at radius 3 is 2.30 bits per heavy atom. The van der Waals surface area contributed by atoms with Crippen LogP contribution in [0.15, 0.2) is 24.3 Å². The molecule has 0 spiro atoms. The van der Waals surface area contributed by atoms with E-state index in [9.17, 15) is 9.59 Å². The van der Waals surface area contributed by atoms with Crippen LogP contribution in [0, 0.1) is 11.8 Å². The zero-order valence-electron chi connectivity index (χ0n) is 16.9. The Hall–Kier alpha value is -1.68. The number of nitrogens with two attached hydrogens (primary N) is 1. The zero-order valence-corrected chi connectivity index (χ0v) is 16.9. The molecule has 0 amide bonds. The quantitative estimate of drug-likeness (QED) is 0.470. The summed E-state index contributed by atoms with van der Waals surface area (Å²) in [4.78, 5) is 24.8. The molecule has 0 aromatic heterocycles. The summed E-state index contributed by atoms with van der Waals surface area (Å²) in [7, 11) is 0. The predicted octanol–water partition coefficient (Wildman–Crippen LogP) is 4.86. The van der Waals surface area contributed by atoms with Crippen LogP contribution in [-0.2, 0) is 9.53 Å². The first-order valence-corrected chi connectivity index (χ1v) is 10.6. The lowest BCUT2D eigenvalue weighted by Gasteiger charge is -2.26. The van der Waals surface area contributed by atoms with E-state index in [1.54, 1.807) is 0 Å². The molecule has 0 heterocycles. The highest BCUT2D eigenvalue weighted by Crippen LogP contribution is 2.31. The lowest BCUT2D eigenvalue weighted by Crippen LogP contribution is -2.25. The molecule has 0 bridgehead atoms. The molecule has 1 aliphatic carbocycles. The van der Waals surface area contributed by atoms with Gasteiger partial charge in [-0.2, -0.15) is 0 Å². The average Bonchev–Trinajstić information content (AvgIpc) is 2.71. The maximum atomic E-state index is 12.8. The lowest BCUT2D eigenvalue weighted by molar-refractivity contribution is -0.144. The highest BCUT2D eigenvalue weighted by Gasteiger charge is 2.26. The van der Waals surface area contributed by atoms with Gasteiger partial charge in [-0.05, 0) is 62.5 Å². The van der Waals surface area contributed by atoms with Crippen LogP contribution >= 0.6 is 0 Å². The van der Waals surface area contributed by atoms with E-state index >= 15 is 0 Å². The molecule has 1 aromatic rings. The number of hydrogen-bond donors (Lipinski definition) is 1. The van der Waals surface area contributed by atoms with E-state index in [1.807, 2.05) is 31.2 Å². The number of ketones is 1. The Morgan fingerprint density at radius 2 is 1.74 bits per heavy atom. The van der Waals surface area contributed by atoms with Crippen molar-refractivity contribution in [3.8, 4) is 0 Å². The number of ether oxygens (including phenoxy) is 1. The van der Waals surface area contributed by atoms with Crippen LogP contribution in [-0.4, -0.2) is 24.9 Å². The second kappa shape index (κ2) is 11.2. The standard InChI is InChI=1S/C23H35NO3/c1-3-5-21(15-22(25)27-14-4-2)18-10-12-20(13-11-18)23(26)19-8-6-17(16-24)7-9-19/h10-13,17,19,21H,3-9,14-16,24H2,1-2H3. The molecule has 0 radical (unpaired) electrons. The topological polar surface area (TPSA) is 69.4 Å². The smallest absolute Gasteiger partial charge is 0.306 e. The van der Waals surface area contributed by atoms with Crippen molar-refractivity contribution >= 4 is 11.8 Å². The number of benzene rings is 1. The van der Waals surface area contributed by atoms with Gasteiger partial charge in [0.05, 0.1) is 13.0 Å². The molecule has 4 heteroatoms. The molecule has 1 aromatic carbocycles. The lowest BCUT2D eigenvalue weighted by atomic mass is 9.78. The number of esters is 1. The Labute approximate surface area is 163 Å². The highest BCUT2D eigenvalue weighted by molar-refractivity contribution is 5.97. The summed E-state index contributed by atoms with van der Waals surface area (Å²) in [5.41, 5.74) is 7.66. The number of carbonyl (C=O) groups is 2. The fourth-order valence-corrected chi connectivity index (χ4v) is 4.03. The first-order valence-electron chi connectivity index (χ1n) is 10.6. The van der Waals surface area contributed by atoms with Gasteiger partial charge in [0.25, 0.3) is 0 Å². The summed E-state index contributed by atoms with van der Waals surface area (Å²) in [6.07, 6.45) is 7.22. The van der Waals surface area contributed by atoms with Gasteiger partial charge in [0.2, 0.25) is 0 Å². The highest BCUT2D eigenvalue weighted by atomic mass is 16.5. The van der Waals surface area contributed by atoms with Crippen molar-refractivity contribution in [1.82, 2.24) is 0 Å². The molecule has 1 saturated carbocycles. The molecule has 4 nitrogen and oxygen atoms in total. The molecule has 2 rings (SSSR count). The van der Waals surface area contributed by atoms with E-state index in [4.69, 9.17) is 10.5 Å². The van der Waals surface area contributed by atoms with E-state index in [-0.39, 0.29) is 23.6 Å². The van der Waals surface area contributed by atoms with Gasteiger partial charge >= 0.3 is 5.97 Å². The molecular formula is C23H35NO3. The van der Waals surface area contributed by atoms with Crippen LogP contribution in [0.25, 0.3) is 0 Å². The van der Waals surface area contributed by atoms with Gasteiger partial charge < -0.3 is 10.5 Å². The molecule has 0 aliphatic heterocycles. The van der Waals surface area contributed by atoms with Crippen molar-refractivity contribution in [3.05, 3.63) is 35.4 Å². The van der Waals surface area contributed by atoms with Gasteiger partial charge in [-0.1, -0.05) is 44.5 Å². The van der Waals surface area contributed by atoms with Crippen molar-refractivity contribution in [2.75, 3.05) is 13.2 Å². The Balaban J connectivity index is 1.99. The Morgan fingerprint density at radius 1 is 1.07 bits per heavy atom. The molecule has 1 atom stereocenters. The van der Waals surface area contributed by atoms with Crippen LogP contribution in [0.1, 0.15) is 87.1 Å². The minimum absolute atomic E-state index is 0.132. The molecule has 2 N–H and O–H groups in total. The Bertz CT molecular complexity index is 588. The van der Waals surface area contributed by atoms with Gasteiger partial charge in [0.1, 0.15) is 0 Å². The summed E-state index contributed by atoms with van der Waals surface area (Å²) in [6, 6.07) is 7.91. The zero-order chi connectivity index (χ0) is 19.6. The van der Waals surface area contributed by atoms with E-state index in [2.05, 4.69) is 6.92 Å². The number of Topliss-reactive ketones (excluding diaryl/α,β-unsaturated/α-hetero) is 1. The molecule has 1 fully saturated rings. The number of hydrogen-bond acceptors (Lipinski definition) is 4. The SMILES string of the molecule is CCCOC(=O)CC(CCC)c1ccc(C(=O)C2CCC(CN)CC2)cc1. The third-order valence-electron chi connectivity index (χ3n) is 5.73. The molecule has 1 aliphatic rings. The normalized spacial score (nSPS) is 20.9. The monoisotopic (exact) mass is 373 g/mol. The fraction of sp³-hybridized carbons (Fsp3) is 0.652. The molecule has 150 valence electrons. The largest absolute Gasteiger partial charge is 0.466 e. The summed E-state index contributed by atoms with van der Waals surface area (Å²) >= 11 is 0. The number of carbonyl (C=O) groups excluding carboxylic acids is 2. The number of rotatable bonds is 10. The van der Waals surface area contributed by atoms with Crippen LogP contribution in [0.2, 0.25) is 0 Å². The van der Waals surface area contributed by atoms with Crippen LogP contribution in [0.5, 0.6) is 0 Å². The van der Waals surface area contributed by atoms with E-state index in [1.165, 1.54) is 0 Å². The molecule has 1 unspecified atom stereocenters. The Kier molecular flexibility index (Phi) is 8.99. The van der Waals surface area contributed by atoms with Crippen molar-refractivity contribution in [2.45, 2.75) is 71.1 Å². The van der Waals surface area contributed by atoms with Crippen LogP contribution in [0.3, 0.4) is 0 Å². The van der Waals surface area contributed by atoms with Crippen molar-refractivity contribution in [2.24, 2.45) is 17.6 Å². The van der Waals surface area contributed by atoms with Crippen molar-refractivity contribution < 1.29 is 14.3 Å². The molecular weight excluding hydrogens is 338 g/mol. The van der Waals surface area contributed by atoms with E-state index in [0.29, 0.717) is 18.9 Å². The van der Waals surface area contributed by atoms with Gasteiger partial charge in [-0.3, -0.25) is 9.59 Å². The minimum Gasteiger partial charge on any atom is -0.466 e. The summed E-state index contributed by atoms with van der Waals surface area (Å²) in [5.74, 6) is 0.995. The first kappa shape index (κ1) is 21.6. The van der Waals surface area contributed by atoms with Gasteiger partial charge in [0, 0.05) is 11.5 Å². The van der Waals surface area contributed by atoms with E-state index in [0.717, 1.165) is 62.6 Å². The van der Waals surface area contributed by atoms with Gasteiger partial charge in [-0.25, -0.2) is 0 Å². The third kappa shape index (κ3) is 6.46. The first-order chi connectivity index (χ1) is 13.1. The predicted molar refractivity (Wildman–Crippen MR) is 109 cm³/mol. The van der Waals surface area contributed by atoms with Crippen LogP contribution in [0.4, 0.5) is 0 Å². The minimum atomic E-state index is -0.132. The molecule has 27 heavy (non-hydrogen) atoms. The maximum absolute atomic E-state index is 12.8. The second-order valence-electron chi connectivity index (χ2n) is 7.85. The average molecular weight is 374 g/mol. The van der Waals surface area contributed by atoms with Gasteiger partial charge in [0.15, 0.2) is 5.78 Å². The van der Waals surface area contributed by atoms with Crippen molar-refractivity contribution in [1.29, 1.82) is 0 Å². The van der Waals surface area contributed by atoms with Crippen molar-refractivity contribution in [3.63, 3.8) is 0 Å². The summed E-state index contributed by atoms with van der Waals surface area (Å²) in [5, 5.41) is 0.